The first kappa shape index (κ1) is 20.0. The van der Waals surface area contributed by atoms with Crippen LogP contribution in [0.1, 0.15) is 27.2 Å². The van der Waals surface area contributed by atoms with Crippen LogP contribution in [0.4, 0.5) is 5.69 Å². The van der Waals surface area contributed by atoms with Gasteiger partial charge in [0.05, 0.1) is 11.1 Å². The number of nitro groups is 1. The smallest absolute Gasteiger partial charge is 0.288 e. The van der Waals surface area contributed by atoms with Crippen molar-refractivity contribution in [3.8, 4) is 11.1 Å². The third kappa shape index (κ3) is 4.06. The Morgan fingerprint density at radius 3 is 2.48 bits per heavy atom. The van der Waals surface area contributed by atoms with Crippen molar-refractivity contribution in [2.45, 2.75) is 13.8 Å². The number of para-hydroxylation sites is 1. The third-order valence-corrected chi connectivity index (χ3v) is 5.21. The lowest BCUT2D eigenvalue weighted by atomic mass is 9.98. The molecule has 0 aliphatic heterocycles. The van der Waals surface area contributed by atoms with E-state index in [4.69, 9.17) is 0 Å². The molecule has 154 valence electrons. The number of aryl methyl sites for hydroxylation is 2. The van der Waals surface area contributed by atoms with E-state index in [0.717, 1.165) is 27.6 Å². The van der Waals surface area contributed by atoms with E-state index in [1.807, 2.05) is 43.3 Å². The molecule has 4 rings (SSSR count). The van der Waals surface area contributed by atoms with E-state index in [0.29, 0.717) is 11.3 Å². The van der Waals surface area contributed by atoms with Gasteiger partial charge in [0.2, 0.25) is 0 Å². The number of nitro benzene ring substituents is 1. The summed E-state index contributed by atoms with van der Waals surface area (Å²) in [5.74, 6) is -0.373. The maximum Gasteiger partial charge on any atom is 0.288 e. The minimum absolute atomic E-state index is 0.00251. The maximum atomic E-state index is 12.9. The molecule has 1 aromatic heterocycles. The zero-order chi connectivity index (χ0) is 22.0. The number of aromatic nitrogens is 1. The number of carbonyl (C=O) groups is 1. The van der Waals surface area contributed by atoms with Gasteiger partial charge in [-0.1, -0.05) is 36.4 Å². The van der Waals surface area contributed by atoms with Crippen LogP contribution >= 0.6 is 0 Å². The predicted octanol–water partition coefficient (Wildman–Crippen LogP) is 5.12. The van der Waals surface area contributed by atoms with Gasteiger partial charge < -0.3 is 4.98 Å². The summed E-state index contributed by atoms with van der Waals surface area (Å²) in [6.07, 6.45) is 1.44. The highest BCUT2D eigenvalue weighted by atomic mass is 16.6. The topological polar surface area (TPSA) is 100 Å². The van der Waals surface area contributed by atoms with Crippen molar-refractivity contribution in [3.63, 3.8) is 0 Å². The Kier molecular flexibility index (Phi) is 5.32. The van der Waals surface area contributed by atoms with Crippen molar-refractivity contribution >= 4 is 28.7 Å². The number of rotatable bonds is 5. The van der Waals surface area contributed by atoms with Crippen LogP contribution in [0.5, 0.6) is 0 Å². The number of fused-ring (bicyclic) bond motifs is 1. The minimum Gasteiger partial charge on any atom is -0.350 e. The van der Waals surface area contributed by atoms with Gasteiger partial charge in [-0.15, -0.1) is 0 Å². The predicted molar refractivity (Wildman–Crippen MR) is 121 cm³/mol. The van der Waals surface area contributed by atoms with E-state index in [2.05, 4.69) is 28.5 Å². The monoisotopic (exact) mass is 412 g/mol. The average molecular weight is 412 g/mol. The number of aromatic amines is 1. The summed E-state index contributed by atoms with van der Waals surface area (Å²) in [5.41, 5.74) is 8.56. The number of nitrogens with one attached hydrogen (secondary N) is 2. The number of nitrogens with zero attached hydrogens (tertiary/aromatic N) is 2. The number of amides is 1. The molecule has 0 fully saturated rings. The molecule has 7 heteroatoms. The van der Waals surface area contributed by atoms with Gasteiger partial charge in [0.1, 0.15) is 5.69 Å². The summed E-state index contributed by atoms with van der Waals surface area (Å²) in [6.45, 7) is 4.09. The van der Waals surface area contributed by atoms with E-state index in [-0.39, 0.29) is 11.6 Å². The highest BCUT2D eigenvalue weighted by Gasteiger charge is 2.19. The molecule has 0 atom stereocenters. The Hall–Kier alpha value is -4.26. The van der Waals surface area contributed by atoms with Crippen LogP contribution in [0.15, 0.2) is 71.8 Å². The molecule has 1 amide bonds. The summed E-state index contributed by atoms with van der Waals surface area (Å²) in [7, 11) is 0. The fourth-order valence-electron chi connectivity index (χ4n) is 3.41. The molecule has 2 N–H and O–H groups in total. The molecule has 1 heterocycles. The zero-order valence-corrected chi connectivity index (χ0v) is 17.0. The number of H-pyrrole nitrogens is 1. The molecule has 0 spiro atoms. The Labute approximate surface area is 178 Å². The number of hydrogen-bond acceptors (Lipinski definition) is 4. The van der Waals surface area contributed by atoms with Crippen molar-refractivity contribution in [1.82, 2.24) is 10.4 Å². The lowest BCUT2D eigenvalue weighted by molar-refractivity contribution is -0.384. The molecular formula is C24H20N4O3. The van der Waals surface area contributed by atoms with Crippen molar-refractivity contribution in [3.05, 3.63) is 99.2 Å². The van der Waals surface area contributed by atoms with Crippen molar-refractivity contribution in [2.75, 3.05) is 0 Å². The minimum atomic E-state index is -0.465. The van der Waals surface area contributed by atoms with Gasteiger partial charge >= 0.3 is 0 Å². The highest BCUT2D eigenvalue weighted by molar-refractivity contribution is 6.09. The molecule has 0 bridgehead atoms. The van der Waals surface area contributed by atoms with Gasteiger partial charge in [0.15, 0.2) is 0 Å². The van der Waals surface area contributed by atoms with Gasteiger partial charge in [0, 0.05) is 28.6 Å². The molecule has 0 aliphatic rings. The van der Waals surface area contributed by atoms with Crippen LogP contribution in [0, 0.1) is 24.0 Å². The zero-order valence-electron chi connectivity index (χ0n) is 17.0. The van der Waals surface area contributed by atoms with Crippen molar-refractivity contribution < 1.29 is 9.72 Å². The van der Waals surface area contributed by atoms with Crippen LogP contribution in [0.2, 0.25) is 0 Å². The summed E-state index contributed by atoms with van der Waals surface area (Å²) in [6, 6.07) is 19.8. The maximum absolute atomic E-state index is 12.9. The summed E-state index contributed by atoms with van der Waals surface area (Å²) >= 11 is 0. The second-order valence-corrected chi connectivity index (χ2v) is 7.27. The number of hydrogen-bond donors (Lipinski definition) is 2. The van der Waals surface area contributed by atoms with Gasteiger partial charge in [-0.25, -0.2) is 5.43 Å². The molecule has 4 aromatic rings. The van der Waals surface area contributed by atoms with E-state index in [1.54, 1.807) is 12.1 Å². The Balaban J connectivity index is 1.64. The van der Waals surface area contributed by atoms with E-state index < -0.39 is 4.92 Å². The Morgan fingerprint density at radius 2 is 1.77 bits per heavy atom. The normalized spacial score (nSPS) is 11.2. The first-order valence-corrected chi connectivity index (χ1v) is 9.70. The van der Waals surface area contributed by atoms with Gasteiger partial charge in [0.25, 0.3) is 11.6 Å². The van der Waals surface area contributed by atoms with Crippen LogP contribution in [-0.4, -0.2) is 22.0 Å². The van der Waals surface area contributed by atoms with Crippen LogP contribution < -0.4 is 5.43 Å². The van der Waals surface area contributed by atoms with Gasteiger partial charge in [-0.3, -0.25) is 14.9 Å². The van der Waals surface area contributed by atoms with Crippen LogP contribution in [-0.2, 0) is 0 Å². The molecule has 0 radical (unpaired) electrons. The van der Waals surface area contributed by atoms with Crippen molar-refractivity contribution in [1.29, 1.82) is 0 Å². The lowest BCUT2D eigenvalue weighted by Crippen LogP contribution is -2.18. The van der Waals surface area contributed by atoms with E-state index >= 15 is 0 Å². The summed E-state index contributed by atoms with van der Waals surface area (Å²) in [5, 5.41) is 15.7. The molecule has 0 saturated heterocycles. The van der Waals surface area contributed by atoms with Gasteiger partial charge in [-0.2, -0.15) is 5.10 Å². The molecule has 7 nitrogen and oxygen atoms in total. The highest BCUT2D eigenvalue weighted by Crippen LogP contribution is 2.33. The SMILES string of the molecule is Cc1ccc(-c2c(C(=O)N/N=C/c3ccc([N+](=O)[O-])cc3)[nH]c3ccccc23)cc1C. The molecule has 0 unspecified atom stereocenters. The first-order valence-electron chi connectivity index (χ1n) is 9.70. The van der Waals surface area contributed by atoms with Gasteiger partial charge in [-0.05, 0) is 54.3 Å². The molecule has 0 saturated carbocycles. The standard InChI is InChI=1S/C24H20N4O3/c1-15-7-10-18(13-16(15)2)22-20-5-3-4-6-21(20)26-23(22)24(29)27-25-14-17-8-11-19(12-9-17)28(30)31/h3-14,26H,1-2H3,(H,27,29)/b25-14+. The van der Waals surface area contributed by atoms with Crippen LogP contribution in [0.25, 0.3) is 22.0 Å². The fourth-order valence-corrected chi connectivity index (χ4v) is 3.41. The quantitative estimate of drug-likeness (QED) is 0.270. The fraction of sp³-hybridized carbons (Fsp3) is 0.0833. The number of hydrazone groups is 1. The third-order valence-electron chi connectivity index (χ3n) is 5.21. The lowest BCUT2D eigenvalue weighted by Gasteiger charge is -2.07. The Bertz CT molecular complexity index is 1320. The Morgan fingerprint density at radius 1 is 1.03 bits per heavy atom. The summed E-state index contributed by atoms with van der Waals surface area (Å²) < 4.78 is 0. The number of non-ortho nitro benzene ring substituents is 1. The second-order valence-electron chi connectivity index (χ2n) is 7.27. The molecule has 3 aromatic carbocycles. The average Bonchev–Trinajstić information content (AvgIpc) is 3.16. The van der Waals surface area contributed by atoms with Crippen molar-refractivity contribution in [2.24, 2.45) is 5.10 Å². The largest absolute Gasteiger partial charge is 0.350 e. The van der Waals surface area contributed by atoms with Crippen LogP contribution in [0.3, 0.4) is 0 Å². The molecular weight excluding hydrogens is 392 g/mol. The molecule has 0 aliphatic carbocycles. The summed E-state index contributed by atoms with van der Waals surface area (Å²) in [4.78, 5) is 26.4. The number of carbonyl (C=O) groups excluding carboxylic acids is 1. The van der Waals surface area contributed by atoms with E-state index in [9.17, 15) is 14.9 Å². The molecule has 31 heavy (non-hydrogen) atoms. The first-order chi connectivity index (χ1) is 14.9. The second kappa shape index (κ2) is 8.23. The van der Waals surface area contributed by atoms with E-state index in [1.165, 1.54) is 23.9 Å². The number of benzene rings is 3.